The van der Waals surface area contributed by atoms with E-state index in [-0.39, 0.29) is 45.4 Å². The van der Waals surface area contributed by atoms with Crippen LogP contribution in [0.25, 0.3) is 0 Å². The van der Waals surface area contributed by atoms with Gasteiger partial charge in [0.25, 0.3) is 10.0 Å². The van der Waals surface area contributed by atoms with Gasteiger partial charge >= 0.3 is 0 Å². The van der Waals surface area contributed by atoms with Crippen molar-refractivity contribution >= 4 is 50.7 Å². The lowest BCUT2D eigenvalue weighted by Gasteiger charge is -2.34. The van der Waals surface area contributed by atoms with Crippen LogP contribution in [-0.2, 0) is 32.6 Å². The summed E-state index contributed by atoms with van der Waals surface area (Å²) in [6.45, 7) is 5.75. The minimum atomic E-state index is -4.26. The van der Waals surface area contributed by atoms with Gasteiger partial charge < -0.3 is 10.2 Å². The number of hydrogen-bond donors (Lipinski definition) is 1. The molecule has 1 N–H and O–H groups in total. The number of anilines is 1. The molecule has 10 heteroatoms. The molecule has 7 nitrogen and oxygen atoms in total. The van der Waals surface area contributed by atoms with Gasteiger partial charge in [0.15, 0.2) is 0 Å². The third kappa shape index (κ3) is 9.33. The van der Waals surface area contributed by atoms with Crippen LogP contribution in [0.15, 0.2) is 108 Å². The lowest BCUT2D eigenvalue weighted by Crippen LogP contribution is -2.53. The normalized spacial score (nSPS) is 12.0. The Morgan fingerprint density at radius 3 is 1.91 bits per heavy atom. The van der Waals surface area contributed by atoms with E-state index in [1.54, 1.807) is 12.1 Å². The molecule has 0 aromatic heterocycles. The second-order valence-electron chi connectivity index (χ2n) is 11.3. The molecule has 0 bridgehead atoms. The number of benzene rings is 4. The fourth-order valence-electron chi connectivity index (χ4n) is 4.81. The quantitative estimate of drug-likeness (QED) is 0.168. The second-order valence-corrected chi connectivity index (χ2v) is 14.0. The molecule has 236 valence electrons. The van der Waals surface area contributed by atoms with Crippen LogP contribution < -0.4 is 9.62 Å². The summed E-state index contributed by atoms with van der Waals surface area (Å²) in [5.74, 6) is -0.700. The van der Waals surface area contributed by atoms with Gasteiger partial charge in [-0.3, -0.25) is 13.9 Å². The highest BCUT2D eigenvalue weighted by Gasteiger charge is 2.35. The van der Waals surface area contributed by atoms with Gasteiger partial charge in [-0.2, -0.15) is 0 Å². The molecule has 0 fully saturated rings. The van der Waals surface area contributed by atoms with Crippen molar-refractivity contribution in [3.8, 4) is 0 Å². The molecule has 0 aliphatic rings. The molecule has 0 aliphatic carbocycles. The number of rotatable bonds is 13. The Bertz CT molecular complexity index is 1680. The Morgan fingerprint density at radius 1 is 0.800 bits per heavy atom. The van der Waals surface area contributed by atoms with E-state index < -0.39 is 28.5 Å². The highest BCUT2D eigenvalue weighted by atomic mass is 35.5. The van der Waals surface area contributed by atoms with Gasteiger partial charge in [-0.25, -0.2) is 8.42 Å². The van der Waals surface area contributed by atoms with Gasteiger partial charge in [0.05, 0.1) is 10.6 Å². The monoisotopic (exact) mass is 665 g/mol. The number of carbonyl (C=O) groups is 2. The average Bonchev–Trinajstić information content (AvgIpc) is 3.01. The summed E-state index contributed by atoms with van der Waals surface area (Å²) in [5.41, 5.74) is 2.66. The molecule has 0 unspecified atom stereocenters. The second kappa shape index (κ2) is 15.4. The first-order valence-corrected chi connectivity index (χ1v) is 16.8. The first-order valence-electron chi connectivity index (χ1n) is 14.6. The maximum atomic E-state index is 14.5. The molecule has 45 heavy (non-hydrogen) atoms. The predicted octanol–water partition coefficient (Wildman–Crippen LogP) is 6.91. The molecule has 0 radical (unpaired) electrons. The SMILES string of the molecule is Cc1ccc(S(=O)(=O)N(CC(=O)N(Cc2ccccc2)[C@H](Cc2ccccc2)C(=O)NCC(C)C)c2cc(Cl)cc(Cl)c2)cc1. The average molecular weight is 667 g/mol. The van der Waals surface area contributed by atoms with Gasteiger partial charge in [-0.05, 0) is 54.3 Å². The van der Waals surface area contributed by atoms with E-state index in [1.165, 1.54) is 35.2 Å². The highest BCUT2D eigenvalue weighted by Crippen LogP contribution is 2.30. The van der Waals surface area contributed by atoms with Crippen molar-refractivity contribution in [1.82, 2.24) is 10.2 Å². The van der Waals surface area contributed by atoms with Gasteiger partial charge in [0.1, 0.15) is 12.6 Å². The minimum Gasteiger partial charge on any atom is -0.354 e. The summed E-state index contributed by atoms with van der Waals surface area (Å²) in [7, 11) is -4.26. The van der Waals surface area contributed by atoms with E-state index in [2.05, 4.69) is 5.32 Å². The number of nitrogens with one attached hydrogen (secondary N) is 1. The molecule has 2 amide bonds. The molecule has 4 aromatic carbocycles. The number of aryl methyl sites for hydroxylation is 1. The lowest BCUT2D eigenvalue weighted by atomic mass is 10.0. The largest absolute Gasteiger partial charge is 0.354 e. The van der Waals surface area contributed by atoms with Crippen LogP contribution in [0, 0.1) is 12.8 Å². The summed E-state index contributed by atoms with van der Waals surface area (Å²) in [4.78, 5) is 29.8. The Morgan fingerprint density at radius 2 is 1.36 bits per heavy atom. The topological polar surface area (TPSA) is 86.8 Å². The molecular weight excluding hydrogens is 629 g/mol. The number of carbonyl (C=O) groups excluding carboxylic acids is 2. The maximum absolute atomic E-state index is 14.5. The van der Waals surface area contributed by atoms with Crippen molar-refractivity contribution in [3.63, 3.8) is 0 Å². The molecule has 0 heterocycles. The van der Waals surface area contributed by atoms with Gasteiger partial charge in [-0.15, -0.1) is 0 Å². The van der Waals surface area contributed by atoms with E-state index in [4.69, 9.17) is 23.2 Å². The summed E-state index contributed by atoms with van der Waals surface area (Å²) in [6.07, 6.45) is 0.233. The molecule has 4 rings (SSSR count). The van der Waals surface area contributed by atoms with E-state index in [0.717, 1.165) is 21.0 Å². The molecule has 1 atom stereocenters. The fraction of sp³-hybridized carbons (Fsp3) is 0.257. The Labute approximate surface area is 275 Å². The van der Waals surface area contributed by atoms with Crippen molar-refractivity contribution in [2.75, 3.05) is 17.4 Å². The van der Waals surface area contributed by atoms with Crippen molar-refractivity contribution in [3.05, 3.63) is 130 Å². The van der Waals surface area contributed by atoms with Crippen LogP contribution in [0.3, 0.4) is 0 Å². The van der Waals surface area contributed by atoms with E-state index in [0.29, 0.717) is 6.54 Å². The smallest absolute Gasteiger partial charge is 0.264 e. The number of sulfonamides is 1. The molecule has 0 saturated heterocycles. The standard InChI is InChI=1S/C35H37Cl2N3O4S/c1-25(2)22-38-35(42)33(18-27-10-6-4-7-11-27)39(23-28-12-8-5-9-13-28)34(41)24-40(31-20-29(36)19-30(37)21-31)45(43,44)32-16-14-26(3)15-17-32/h4-17,19-21,25,33H,18,22-24H2,1-3H3,(H,38,42)/t33-/m1/s1. The third-order valence-electron chi connectivity index (χ3n) is 7.17. The zero-order chi connectivity index (χ0) is 32.6. The van der Waals surface area contributed by atoms with Crippen molar-refractivity contribution in [2.45, 2.75) is 44.7 Å². The van der Waals surface area contributed by atoms with Crippen molar-refractivity contribution in [2.24, 2.45) is 5.92 Å². The number of nitrogens with zero attached hydrogens (tertiary/aromatic N) is 2. The molecule has 0 spiro atoms. The summed E-state index contributed by atoms with van der Waals surface area (Å²) in [6, 6.07) is 28.6. The van der Waals surface area contributed by atoms with Crippen LogP contribution in [-0.4, -0.2) is 44.3 Å². The Hall–Kier alpha value is -3.85. The van der Waals surface area contributed by atoms with E-state index in [9.17, 15) is 18.0 Å². The molecule has 0 aliphatic heterocycles. The van der Waals surface area contributed by atoms with Crippen LogP contribution in [0.4, 0.5) is 5.69 Å². The van der Waals surface area contributed by atoms with Crippen LogP contribution in [0.2, 0.25) is 10.0 Å². The summed E-state index contributed by atoms with van der Waals surface area (Å²) < 4.78 is 29.3. The fourth-order valence-corrected chi connectivity index (χ4v) is 6.72. The Balaban J connectivity index is 1.81. The van der Waals surface area contributed by atoms with Gasteiger partial charge in [0, 0.05) is 29.6 Å². The zero-order valence-electron chi connectivity index (χ0n) is 25.5. The van der Waals surface area contributed by atoms with Gasteiger partial charge in [-0.1, -0.05) is 115 Å². The Kier molecular flexibility index (Phi) is 11.7. The van der Waals surface area contributed by atoms with Crippen molar-refractivity contribution in [1.29, 1.82) is 0 Å². The lowest BCUT2D eigenvalue weighted by molar-refractivity contribution is -0.140. The molecule has 0 saturated carbocycles. The van der Waals surface area contributed by atoms with E-state index in [1.807, 2.05) is 81.4 Å². The maximum Gasteiger partial charge on any atom is 0.264 e. The van der Waals surface area contributed by atoms with Crippen LogP contribution in [0.5, 0.6) is 0 Å². The minimum absolute atomic E-state index is 0.00196. The van der Waals surface area contributed by atoms with E-state index >= 15 is 0 Å². The first-order chi connectivity index (χ1) is 21.4. The number of hydrogen-bond acceptors (Lipinski definition) is 4. The first kappa shape index (κ1) is 34.0. The van der Waals surface area contributed by atoms with Crippen molar-refractivity contribution < 1.29 is 18.0 Å². The number of amides is 2. The number of halogens is 2. The zero-order valence-corrected chi connectivity index (χ0v) is 27.8. The molecular formula is C35H37Cl2N3O4S. The van der Waals surface area contributed by atoms with Crippen LogP contribution >= 0.6 is 23.2 Å². The van der Waals surface area contributed by atoms with Gasteiger partial charge in [0.2, 0.25) is 11.8 Å². The summed E-state index contributed by atoms with van der Waals surface area (Å²) >= 11 is 12.6. The van der Waals surface area contributed by atoms with Crippen LogP contribution in [0.1, 0.15) is 30.5 Å². The highest BCUT2D eigenvalue weighted by molar-refractivity contribution is 7.92. The predicted molar refractivity (Wildman–Crippen MR) is 181 cm³/mol. The summed E-state index contributed by atoms with van der Waals surface area (Å²) in [5, 5.41) is 3.41. The third-order valence-corrected chi connectivity index (χ3v) is 9.40. The molecule has 4 aromatic rings.